The van der Waals surface area contributed by atoms with Crippen LogP contribution >= 0.6 is 15.9 Å². The van der Waals surface area contributed by atoms with Crippen LogP contribution in [0.1, 0.15) is 28.8 Å². The number of esters is 2. The van der Waals surface area contributed by atoms with E-state index < -0.39 is 40.6 Å². The van der Waals surface area contributed by atoms with Gasteiger partial charge in [-0.3, -0.25) is 19.8 Å². The minimum absolute atomic E-state index is 0.0914. The molecule has 1 aliphatic heterocycles. The smallest absolute Gasteiger partial charge is 0.373 e. The van der Waals surface area contributed by atoms with E-state index in [1.807, 2.05) is 0 Å². The molecule has 1 aromatic heterocycles. The van der Waals surface area contributed by atoms with E-state index in [1.165, 1.54) is 38.3 Å². The number of nitrogens with zero attached hydrogens (tertiary/aromatic N) is 2. The van der Waals surface area contributed by atoms with Gasteiger partial charge in [0.05, 0.1) is 30.2 Å². The van der Waals surface area contributed by atoms with E-state index >= 15 is 0 Å². The fourth-order valence-electron chi connectivity index (χ4n) is 3.04. The van der Waals surface area contributed by atoms with Crippen molar-refractivity contribution in [2.24, 2.45) is 0 Å². The Morgan fingerprint density at radius 3 is 2.60 bits per heavy atom. The van der Waals surface area contributed by atoms with Gasteiger partial charge < -0.3 is 23.9 Å². The number of urea groups is 1. The summed E-state index contributed by atoms with van der Waals surface area (Å²) in [5.74, 6) is -2.30. The summed E-state index contributed by atoms with van der Waals surface area (Å²) < 4.78 is 19.9. The Kier molecular flexibility index (Phi) is 7.54. The van der Waals surface area contributed by atoms with Crippen LogP contribution in [0, 0.1) is 10.1 Å². The van der Waals surface area contributed by atoms with Gasteiger partial charge in [-0.15, -0.1) is 0 Å². The van der Waals surface area contributed by atoms with Crippen LogP contribution in [0.2, 0.25) is 0 Å². The second-order valence-corrected chi connectivity index (χ2v) is 7.88. The number of nitro groups is 1. The molecule has 35 heavy (non-hydrogen) atoms. The predicted molar refractivity (Wildman–Crippen MR) is 120 cm³/mol. The zero-order valence-corrected chi connectivity index (χ0v) is 20.1. The molecule has 184 valence electrons. The molecular formula is C21H18BrN3O10. The number of hydrogen-bond acceptors (Lipinski definition) is 10. The van der Waals surface area contributed by atoms with Crippen molar-refractivity contribution >= 4 is 51.6 Å². The molecule has 1 aliphatic rings. The van der Waals surface area contributed by atoms with Crippen LogP contribution in [0.4, 0.5) is 10.5 Å². The molecule has 2 heterocycles. The van der Waals surface area contributed by atoms with Crippen molar-refractivity contribution < 1.29 is 42.7 Å². The maximum Gasteiger partial charge on any atom is 0.373 e. The number of imide groups is 1. The van der Waals surface area contributed by atoms with Crippen molar-refractivity contribution in [2.45, 2.75) is 19.6 Å². The maximum absolute atomic E-state index is 12.8. The van der Waals surface area contributed by atoms with Crippen LogP contribution < -0.4 is 10.1 Å². The van der Waals surface area contributed by atoms with Crippen LogP contribution in [0.5, 0.6) is 5.75 Å². The molecule has 1 fully saturated rings. The Morgan fingerprint density at radius 1 is 1.26 bits per heavy atom. The lowest BCUT2D eigenvalue weighted by Gasteiger charge is -2.14. The monoisotopic (exact) mass is 551 g/mol. The zero-order valence-electron chi connectivity index (χ0n) is 18.5. The molecule has 3 rings (SSSR count). The van der Waals surface area contributed by atoms with Gasteiger partial charge in [0.15, 0.2) is 6.10 Å². The van der Waals surface area contributed by atoms with Crippen molar-refractivity contribution in [3.63, 3.8) is 0 Å². The average Bonchev–Trinajstić information content (AvgIpc) is 3.39. The number of halogens is 1. The lowest BCUT2D eigenvalue weighted by atomic mass is 10.1. The number of methoxy groups -OCH3 is 2. The number of furan rings is 1. The van der Waals surface area contributed by atoms with Crippen LogP contribution in [-0.4, -0.2) is 54.0 Å². The first-order chi connectivity index (χ1) is 16.5. The number of nitrogens with one attached hydrogen (secondary N) is 1. The number of carbonyl (C=O) groups excluding carboxylic acids is 4. The Bertz CT molecular complexity index is 1250. The molecule has 1 aromatic carbocycles. The van der Waals surface area contributed by atoms with Gasteiger partial charge in [-0.05, 0) is 52.7 Å². The van der Waals surface area contributed by atoms with Crippen LogP contribution in [0.15, 0.2) is 38.9 Å². The van der Waals surface area contributed by atoms with E-state index in [9.17, 15) is 29.3 Å². The molecular weight excluding hydrogens is 534 g/mol. The lowest BCUT2D eigenvalue weighted by Crippen LogP contribution is -2.30. The fourth-order valence-corrected chi connectivity index (χ4v) is 3.60. The van der Waals surface area contributed by atoms with E-state index in [1.54, 1.807) is 0 Å². The predicted octanol–water partition coefficient (Wildman–Crippen LogP) is 2.77. The molecule has 2 aromatic rings. The topological polar surface area (TPSA) is 168 Å². The number of rotatable bonds is 8. The maximum atomic E-state index is 12.8. The largest absolute Gasteiger partial charge is 0.471 e. The molecule has 1 N–H and O–H groups in total. The summed E-state index contributed by atoms with van der Waals surface area (Å²) in [7, 11) is 2.33. The van der Waals surface area contributed by atoms with E-state index in [-0.39, 0.29) is 39.5 Å². The van der Waals surface area contributed by atoms with Gasteiger partial charge in [0.1, 0.15) is 11.5 Å². The van der Waals surface area contributed by atoms with Crippen molar-refractivity contribution in [3.05, 3.63) is 61.6 Å². The first kappa shape index (κ1) is 25.4. The average molecular weight is 552 g/mol. The van der Waals surface area contributed by atoms with Crippen molar-refractivity contribution in [1.29, 1.82) is 0 Å². The molecule has 1 atom stereocenters. The van der Waals surface area contributed by atoms with E-state index in [0.717, 1.165) is 18.1 Å². The third-order valence-corrected chi connectivity index (χ3v) is 5.30. The number of hydrogen-bond donors (Lipinski definition) is 1. The van der Waals surface area contributed by atoms with Gasteiger partial charge in [0, 0.05) is 6.07 Å². The number of amides is 3. The van der Waals surface area contributed by atoms with Crippen LogP contribution in [-0.2, 0) is 25.6 Å². The quantitative estimate of drug-likeness (QED) is 0.169. The first-order valence-electron chi connectivity index (χ1n) is 9.79. The summed E-state index contributed by atoms with van der Waals surface area (Å²) >= 11 is 3.17. The Morgan fingerprint density at radius 2 is 1.97 bits per heavy atom. The van der Waals surface area contributed by atoms with Gasteiger partial charge in [-0.2, -0.15) is 0 Å². The number of nitro benzene ring substituents is 1. The number of carbonyl (C=O) groups is 4. The van der Waals surface area contributed by atoms with Gasteiger partial charge in [0.25, 0.3) is 5.91 Å². The Labute approximate surface area is 205 Å². The van der Waals surface area contributed by atoms with Crippen LogP contribution in [0.3, 0.4) is 0 Å². The van der Waals surface area contributed by atoms with E-state index in [2.05, 4.69) is 30.7 Å². The lowest BCUT2D eigenvalue weighted by molar-refractivity contribution is -0.386. The highest BCUT2D eigenvalue weighted by Gasteiger charge is 2.35. The molecule has 14 heteroatoms. The van der Waals surface area contributed by atoms with Gasteiger partial charge in [0.2, 0.25) is 11.5 Å². The highest BCUT2D eigenvalue weighted by molar-refractivity contribution is 9.10. The van der Waals surface area contributed by atoms with Crippen molar-refractivity contribution in [2.75, 3.05) is 14.2 Å². The highest BCUT2D eigenvalue weighted by atomic mass is 79.9. The third kappa shape index (κ3) is 5.48. The number of benzene rings is 1. The standard InChI is InChI=1S/C21H18BrN3O10/c1-10(19(27)32-2)34-17-13(22)6-11(8-15(17)25(30)31)7-14-18(26)24(21(29)23-14)9-12-4-5-16(35-12)20(28)33-3/h4-8,10H,9H2,1-3H3,(H,23,29)/b14-7-/t10-/m0/s1. The molecule has 13 nitrogen and oxygen atoms in total. The first-order valence-corrected chi connectivity index (χ1v) is 10.6. The Hall–Kier alpha value is -4.20. The minimum atomic E-state index is -1.12. The zero-order chi connectivity index (χ0) is 25.9. The van der Waals surface area contributed by atoms with Gasteiger partial charge in [-0.25, -0.2) is 14.4 Å². The SMILES string of the molecule is COC(=O)c1ccc(CN2C(=O)N/C(=C\c3cc(Br)c(O[C@@H](C)C(=O)OC)c([N+](=O)[O-])c3)C2=O)o1. The Balaban J connectivity index is 1.86. The highest BCUT2D eigenvalue weighted by Crippen LogP contribution is 2.38. The summed E-state index contributed by atoms with van der Waals surface area (Å²) in [6, 6.07) is 4.55. The molecule has 0 bridgehead atoms. The normalized spacial score (nSPS) is 15.1. The third-order valence-electron chi connectivity index (χ3n) is 4.71. The molecule has 1 saturated heterocycles. The summed E-state index contributed by atoms with van der Waals surface area (Å²) in [5, 5.41) is 14.0. The van der Waals surface area contributed by atoms with E-state index in [0.29, 0.717) is 0 Å². The summed E-state index contributed by atoms with van der Waals surface area (Å²) in [6.45, 7) is 1.10. The van der Waals surface area contributed by atoms with Gasteiger partial charge >= 0.3 is 23.7 Å². The second kappa shape index (κ2) is 10.4. The minimum Gasteiger partial charge on any atom is -0.471 e. The van der Waals surface area contributed by atoms with Crippen LogP contribution in [0.25, 0.3) is 6.08 Å². The fraction of sp³-hybridized carbons (Fsp3) is 0.238. The van der Waals surface area contributed by atoms with Crippen molar-refractivity contribution in [1.82, 2.24) is 10.2 Å². The molecule has 0 spiro atoms. The molecule has 0 unspecified atom stereocenters. The van der Waals surface area contributed by atoms with Gasteiger partial charge in [-0.1, -0.05) is 0 Å². The molecule has 3 amide bonds. The molecule has 0 saturated carbocycles. The van der Waals surface area contributed by atoms with E-state index in [4.69, 9.17) is 9.15 Å². The summed E-state index contributed by atoms with van der Waals surface area (Å²) in [6.07, 6.45) is 0.123. The number of ether oxygens (including phenoxy) is 3. The van der Waals surface area contributed by atoms with Crippen molar-refractivity contribution in [3.8, 4) is 5.75 Å². The second-order valence-electron chi connectivity index (χ2n) is 7.03. The summed E-state index contributed by atoms with van der Waals surface area (Å²) in [4.78, 5) is 60.0. The molecule has 0 radical (unpaired) electrons. The summed E-state index contributed by atoms with van der Waals surface area (Å²) in [5.41, 5.74) is -0.438. The molecule has 0 aliphatic carbocycles.